The van der Waals surface area contributed by atoms with Crippen molar-refractivity contribution in [1.82, 2.24) is 15.0 Å². The number of nitro benzene ring substituents is 1. The fourth-order valence-electron chi connectivity index (χ4n) is 3.57. The third kappa shape index (κ3) is 4.02. The zero-order chi connectivity index (χ0) is 23.8. The number of anilines is 1. The molecule has 9 heteroatoms. The molecule has 0 aliphatic carbocycles. The molecule has 3 aromatic carbocycles. The summed E-state index contributed by atoms with van der Waals surface area (Å²) in [6.45, 7) is 3.89. The van der Waals surface area contributed by atoms with Gasteiger partial charge in [0.15, 0.2) is 5.76 Å². The number of non-ortho nitro benzene ring substituents is 1. The number of nitrogens with zero attached hydrogens (tertiary/aromatic N) is 4. The van der Waals surface area contributed by atoms with Crippen LogP contribution in [0.4, 0.5) is 11.4 Å². The highest BCUT2D eigenvalue weighted by molar-refractivity contribution is 6.04. The van der Waals surface area contributed by atoms with Gasteiger partial charge in [-0.3, -0.25) is 14.9 Å². The van der Waals surface area contributed by atoms with Crippen molar-refractivity contribution in [2.45, 2.75) is 13.8 Å². The fraction of sp³-hybridized carbons (Fsp3) is 0.0800. The van der Waals surface area contributed by atoms with E-state index in [1.54, 1.807) is 29.1 Å². The minimum Gasteiger partial charge on any atom is -0.451 e. The van der Waals surface area contributed by atoms with Crippen LogP contribution in [0, 0.1) is 24.0 Å². The molecule has 0 saturated heterocycles. The number of furan rings is 1. The van der Waals surface area contributed by atoms with Crippen molar-refractivity contribution in [3.63, 3.8) is 0 Å². The molecule has 5 rings (SSSR count). The monoisotopic (exact) mass is 453 g/mol. The summed E-state index contributed by atoms with van der Waals surface area (Å²) in [6, 6.07) is 20.7. The number of rotatable bonds is 5. The largest absolute Gasteiger partial charge is 0.451 e. The molecule has 0 spiro atoms. The SMILES string of the molecule is Cc1ccc(-n2nc3cc(C)c(NC(=O)c4ccc(-c5cccc([N+](=O)[O-])c5)o4)cc3n2)cc1. The Bertz CT molecular complexity index is 1550. The summed E-state index contributed by atoms with van der Waals surface area (Å²) in [5, 5.41) is 22.9. The lowest BCUT2D eigenvalue weighted by molar-refractivity contribution is -0.384. The van der Waals surface area contributed by atoms with Gasteiger partial charge < -0.3 is 9.73 Å². The van der Waals surface area contributed by atoms with Gasteiger partial charge in [0.2, 0.25) is 0 Å². The highest BCUT2D eigenvalue weighted by Crippen LogP contribution is 2.27. The first-order chi connectivity index (χ1) is 16.4. The number of carbonyl (C=O) groups excluding carboxylic acids is 1. The normalized spacial score (nSPS) is 11.0. The van der Waals surface area contributed by atoms with Gasteiger partial charge in [0.1, 0.15) is 16.8 Å². The zero-order valence-electron chi connectivity index (χ0n) is 18.4. The minimum atomic E-state index is -0.478. The van der Waals surface area contributed by atoms with Crippen LogP contribution in [0.2, 0.25) is 0 Å². The summed E-state index contributed by atoms with van der Waals surface area (Å²) in [4.78, 5) is 24.9. The molecular formula is C25H19N5O4. The number of fused-ring (bicyclic) bond motifs is 1. The molecule has 0 atom stereocenters. The van der Waals surface area contributed by atoms with E-state index in [9.17, 15) is 14.9 Å². The lowest BCUT2D eigenvalue weighted by atomic mass is 10.1. The van der Waals surface area contributed by atoms with Crippen LogP contribution in [0.5, 0.6) is 0 Å². The lowest BCUT2D eigenvalue weighted by Gasteiger charge is -2.06. The number of hydrogen-bond acceptors (Lipinski definition) is 6. The maximum absolute atomic E-state index is 12.8. The average Bonchev–Trinajstić information content (AvgIpc) is 3.47. The Balaban J connectivity index is 1.39. The summed E-state index contributed by atoms with van der Waals surface area (Å²) in [6.07, 6.45) is 0. The summed E-state index contributed by atoms with van der Waals surface area (Å²) >= 11 is 0. The predicted molar refractivity (Wildman–Crippen MR) is 127 cm³/mol. The molecule has 34 heavy (non-hydrogen) atoms. The van der Waals surface area contributed by atoms with E-state index in [1.165, 1.54) is 18.2 Å². The van der Waals surface area contributed by atoms with Crippen molar-refractivity contribution in [2.24, 2.45) is 0 Å². The molecule has 0 radical (unpaired) electrons. The smallest absolute Gasteiger partial charge is 0.291 e. The second kappa shape index (κ2) is 8.28. The molecule has 5 aromatic rings. The Morgan fingerprint density at radius 3 is 2.44 bits per heavy atom. The van der Waals surface area contributed by atoms with Crippen molar-refractivity contribution >= 4 is 28.3 Å². The van der Waals surface area contributed by atoms with Gasteiger partial charge in [0.25, 0.3) is 11.6 Å². The van der Waals surface area contributed by atoms with E-state index < -0.39 is 10.8 Å². The molecule has 2 heterocycles. The second-order valence-corrected chi connectivity index (χ2v) is 7.91. The maximum atomic E-state index is 12.8. The fourth-order valence-corrected chi connectivity index (χ4v) is 3.57. The van der Waals surface area contributed by atoms with E-state index in [1.807, 2.05) is 44.2 Å². The molecule has 9 nitrogen and oxygen atoms in total. The molecule has 0 saturated carbocycles. The van der Waals surface area contributed by atoms with Gasteiger partial charge in [0, 0.05) is 23.4 Å². The number of carbonyl (C=O) groups is 1. The summed E-state index contributed by atoms with van der Waals surface area (Å²) in [5.74, 6) is 0.0106. The molecule has 1 N–H and O–H groups in total. The summed E-state index contributed by atoms with van der Waals surface area (Å²) < 4.78 is 5.67. The van der Waals surface area contributed by atoms with Crippen LogP contribution in [0.15, 0.2) is 77.2 Å². The highest BCUT2D eigenvalue weighted by atomic mass is 16.6. The molecule has 1 amide bonds. The number of hydrogen-bond donors (Lipinski definition) is 1. The van der Waals surface area contributed by atoms with Gasteiger partial charge >= 0.3 is 0 Å². The maximum Gasteiger partial charge on any atom is 0.291 e. The van der Waals surface area contributed by atoms with Gasteiger partial charge in [-0.15, -0.1) is 10.2 Å². The van der Waals surface area contributed by atoms with E-state index in [4.69, 9.17) is 4.42 Å². The van der Waals surface area contributed by atoms with Crippen molar-refractivity contribution in [2.75, 3.05) is 5.32 Å². The van der Waals surface area contributed by atoms with Crippen molar-refractivity contribution in [1.29, 1.82) is 0 Å². The van der Waals surface area contributed by atoms with E-state index in [-0.39, 0.29) is 11.4 Å². The van der Waals surface area contributed by atoms with Crippen LogP contribution in [-0.4, -0.2) is 25.8 Å². The van der Waals surface area contributed by atoms with Crippen LogP contribution < -0.4 is 5.32 Å². The van der Waals surface area contributed by atoms with Gasteiger partial charge in [-0.2, -0.15) is 4.80 Å². The van der Waals surface area contributed by atoms with E-state index >= 15 is 0 Å². The first kappa shape index (κ1) is 21.1. The van der Waals surface area contributed by atoms with E-state index in [2.05, 4.69) is 15.5 Å². The van der Waals surface area contributed by atoms with Crippen LogP contribution in [-0.2, 0) is 0 Å². The Labute approximate surface area is 193 Å². The van der Waals surface area contributed by atoms with Crippen LogP contribution in [0.25, 0.3) is 28.0 Å². The topological polar surface area (TPSA) is 116 Å². The summed E-state index contributed by atoms with van der Waals surface area (Å²) in [7, 11) is 0. The lowest BCUT2D eigenvalue weighted by Crippen LogP contribution is -2.11. The third-order valence-corrected chi connectivity index (χ3v) is 5.41. The standard InChI is InChI=1S/C25H19N5O4/c1-15-6-8-18(9-7-15)29-27-21-12-16(2)20(14-22(21)28-29)26-25(31)24-11-10-23(34-24)17-4-3-5-19(13-17)30(32)33/h3-14H,1-2H3,(H,26,31). The number of aryl methyl sites for hydroxylation is 2. The Kier molecular flexibility index (Phi) is 5.14. The molecule has 0 unspecified atom stereocenters. The predicted octanol–water partition coefficient (Wildman–Crippen LogP) is 5.46. The molecule has 168 valence electrons. The zero-order valence-corrected chi connectivity index (χ0v) is 18.4. The van der Waals surface area contributed by atoms with Crippen molar-refractivity contribution in [3.05, 3.63) is 99.8 Å². The van der Waals surface area contributed by atoms with Gasteiger partial charge in [-0.05, 0) is 55.8 Å². The second-order valence-electron chi connectivity index (χ2n) is 7.91. The van der Waals surface area contributed by atoms with Gasteiger partial charge in [-0.1, -0.05) is 29.8 Å². The van der Waals surface area contributed by atoms with Crippen LogP contribution in [0.1, 0.15) is 21.7 Å². The number of nitro groups is 1. The third-order valence-electron chi connectivity index (χ3n) is 5.41. The van der Waals surface area contributed by atoms with Gasteiger partial charge in [-0.25, -0.2) is 0 Å². The number of nitrogens with one attached hydrogen (secondary N) is 1. The van der Waals surface area contributed by atoms with Gasteiger partial charge in [0.05, 0.1) is 10.6 Å². The molecule has 0 bridgehead atoms. The van der Waals surface area contributed by atoms with Crippen LogP contribution >= 0.6 is 0 Å². The molecule has 0 aliphatic heterocycles. The molecular weight excluding hydrogens is 434 g/mol. The van der Waals surface area contributed by atoms with E-state index in [0.717, 1.165) is 16.8 Å². The first-order valence-corrected chi connectivity index (χ1v) is 10.5. The quantitative estimate of drug-likeness (QED) is 0.279. The average molecular weight is 453 g/mol. The first-order valence-electron chi connectivity index (χ1n) is 10.5. The molecule has 0 aliphatic rings. The Hall–Kier alpha value is -4.79. The summed E-state index contributed by atoms with van der Waals surface area (Å²) in [5.41, 5.74) is 5.20. The number of benzene rings is 3. The molecule has 2 aromatic heterocycles. The molecule has 0 fully saturated rings. The van der Waals surface area contributed by atoms with Crippen LogP contribution in [0.3, 0.4) is 0 Å². The number of aromatic nitrogens is 3. The van der Waals surface area contributed by atoms with Crippen molar-refractivity contribution in [3.8, 4) is 17.0 Å². The van der Waals surface area contributed by atoms with E-state index in [0.29, 0.717) is 28.0 Å². The van der Waals surface area contributed by atoms with Crippen molar-refractivity contribution < 1.29 is 14.1 Å². The number of amides is 1. The Morgan fingerprint density at radius 1 is 0.971 bits per heavy atom. The Morgan fingerprint density at radius 2 is 1.71 bits per heavy atom. The highest BCUT2D eigenvalue weighted by Gasteiger charge is 2.16. The minimum absolute atomic E-state index is 0.0532.